The average molecular weight is 135 g/mol. The molecule has 0 spiro atoms. The van der Waals surface area contributed by atoms with E-state index in [4.69, 9.17) is 11.5 Å². The van der Waals surface area contributed by atoms with Gasteiger partial charge in [-0.3, -0.25) is 0 Å². The highest BCUT2D eigenvalue weighted by molar-refractivity contribution is 5.41. The van der Waals surface area contributed by atoms with E-state index in [0.29, 0.717) is 6.54 Å². The highest BCUT2D eigenvalue weighted by Crippen LogP contribution is 2.05. The number of benzene rings is 1. The Labute approximate surface area is 60.8 Å². The number of hydrogen-bond acceptors (Lipinski definition) is 2. The third-order valence-electron chi connectivity index (χ3n) is 1.29. The maximum Gasteiger partial charge on any atom is 0.0314 e. The van der Waals surface area contributed by atoms with Gasteiger partial charge in [-0.25, -0.2) is 0 Å². The summed E-state index contributed by atoms with van der Waals surface area (Å²) in [5.41, 5.74) is 12.7. The van der Waals surface area contributed by atoms with Gasteiger partial charge >= 0.3 is 0 Å². The summed E-state index contributed by atoms with van der Waals surface area (Å²) in [6.07, 6.45) is 1.94. The fourth-order valence-corrected chi connectivity index (χ4v) is 0.768. The molecule has 10 heavy (non-hydrogen) atoms. The molecule has 0 saturated heterocycles. The normalized spacial score (nSPS) is 9.70. The van der Waals surface area contributed by atoms with Crippen molar-refractivity contribution in [1.29, 1.82) is 0 Å². The van der Waals surface area contributed by atoms with Crippen LogP contribution in [0.3, 0.4) is 0 Å². The van der Waals surface area contributed by atoms with E-state index >= 15 is 0 Å². The lowest BCUT2D eigenvalue weighted by Crippen LogP contribution is -1.99. The summed E-state index contributed by atoms with van der Waals surface area (Å²) >= 11 is 0. The molecule has 53 valence electrons. The predicted octanol–water partition coefficient (Wildman–Crippen LogP) is 0.780. The van der Waals surface area contributed by atoms with Gasteiger partial charge < -0.3 is 11.5 Å². The van der Waals surface area contributed by atoms with Gasteiger partial charge in [-0.05, 0) is 24.2 Å². The first-order valence-corrected chi connectivity index (χ1v) is 3.22. The van der Waals surface area contributed by atoms with Crippen LogP contribution in [0.4, 0.5) is 5.69 Å². The summed E-state index contributed by atoms with van der Waals surface area (Å²) in [5, 5.41) is 0. The fraction of sp³-hybridized carbons (Fsp3) is 0.125. The fourth-order valence-electron chi connectivity index (χ4n) is 0.768. The minimum absolute atomic E-state index is 0.573. The van der Waals surface area contributed by atoms with E-state index in [0.717, 1.165) is 11.3 Å². The molecule has 0 atom stereocenters. The van der Waals surface area contributed by atoms with Crippen LogP contribution in [0.25, 0.3) is 0 Å². The van der Waals surface area contributed by atoms with Crippen LogP contribution in [0.5, 0.6) is 0 Å². The molecular formula is C8H11N2. The Balaban J connectivity index is 2.69. The summed E-state index contributed by atoms with van der Waals surface area (Å²) in [4.78, 5) is 0. The first-order chi connectivity index (χ1) is 4.83. The number of nitrogen functional groups attached to an aromatic ring is 1. The zero-order valence-electron chi connectivity index (χ0n) is 5.75. The van der Waals surface area contributed by atoms with E-state index < -0.39 is 0 Å². The lowest BCUT2D eigenvalue weighted by atomic mass is 10.1. The molecule has 4 N–H and O–H groups in total. The predicted molar refractivity (Wildman–Crippen MR) is 43.3 cm³/mol. The van der Waals surface area contributed by atoms with Gasteiger partial charge in [0, 0.05) is 12.1 Å². The lowest BCUT2D eigenvalue weighted by Gasteiger charge is -1.96. The molecule has 0 aliphatic heterocycles. The summed E-state index contributed by atoms with van der Waals surface area (Å²) in [6, 6.07) is 7.62. The number of rotatable bonds is 2. The van der Waals surface area contributed by atoms with E-state index in [1.807, 2.05) is 30.7 Å². The molecule has 0 aliphatic rings. The van der Waals surface area contributed by atoms with Crippen molar-refractivity contribution in [2.45, 2.75) is 0 Å². The standard InChI is InChI=1S/C8H11N2/c9-6-5-7-1-3-8(10)4-2-7/h1-5H,6,9-10H2. The zero-order chi connectivity index (χ0) is 7.40. The van der Waals surface area contributed by atoms with E-state index in [-0.39, 0.29) is 0 Å². The second-order valence-corrected chi connectivity index (χ2v) is 2.11. The number of hydrogen-bond donors (Lipinski definition) is 2. The van der Waals surface area contributed by atoms with Gasteiger partial charge in [0.1, 0.15) is 0 Å². The van der Waals surface area contributed by atoms with Crippen LogP contribution in [0.1, 0.15) is 5.56 Å². The molecule has 1 rings (SSSR count). The van der Waals surface area contributed by atoms with E-state index in [1.165, 1.54) is 0 Å². The van der Waals surface area contributed by atoms with Gasteiger partial charge in [-0.15, -0.1) is 0 Å². The van der Waals surface area contributed by atoms with E-state index in [9.17, 15) is 0 Å². The lowest BCUT2D eigenvalue weighted by molar-refractivity contribution is 1.16. The van der Waals surface area contributed by atoms with Crippen molar-refractivity contribution in [3.05, 3.63) is 36.2 Å². The second-order valence-electron chi connectivity index (χ2n) is 2.11. The summed E-state index contributed by atoms with van der Waals surface area (Å²) in [6.45, 7) is 0.573. The molecule has 1 aromatic carbocycles. The van der Waals surface area contributed by atoms with Gasteiger partial charge in [-0.1, -0.05) is 12.1 Å². The van der Waals surface area contributed by atoms with Crippen molar-refractivity contribution in [3.8, 4) is 0 Å². The maximum atomic E-state index is 5.48. The monoisotopic (exact) mass is 135 g/mol. The molecule has 0 fully saturated rings. The van der Waals surface area contributed by atoms with Crippen LogP contribution in [0.15, 0.2) is 24.3 Å². The number of anilines is 1. The molecule has 0 saturated carbocycles. The third-order valence-corrected chi connectivity index (χ3v) is 1.29. The number of nitrogens with two attached hydrogens (primary N) is 2. The first kappa shape index (κ1) is 7.09. The summed E-state index contributed by atoms with van der Waals surface area (Å²) in [5.74, 6) is 0. The Bertz CT molecular complexity index is 191. The zero-order valence-corrected chi connectivity index (χ0v) is 5.75. The highest BCUT2D eigenvalue weighted by atomic mass is 14.5. The van der Waals surface area contributed by atoms with Crippen molar-refractivity contribution in [3.63, 3.8) is 0 Å². The summed E-state index contributed by atoms with van der Waals surface area (Å²) < 4.78 is 0. The minimum Gasteiger partial charge on any atom is -0.399 e. The summed E-state index contributed by atoms with van der Waals surface area (Å²) in [7, 11) is 0. The van der Waals surface area contributed by atoms with Gasteiger partial charge in [0.25, 0.3) is 0 Å². The quantitative estimate of drug-likeness (QED) is 0.589. The molecule has 0 heterocycles. The smallest absolute Gasteiger partial charge is 0.0314 e. The first-order valence-electron chi connectivity index (χ1n) is 3.22. The highest BCUT2D eigenvalue weighted by Gasteiger charge is 1.88. The third kappa shape index (κ3) is 1.74. The molecule has 0 bridgehead atoms. The molecule has 0 aromatic heterocycles. The molecule has 1 aromatic rings. The molecule has 0 amide bonds. The van der Waals surface area contributed by atoms with Crippen molar-refractivity contribution >= 4 is 5.69 Å². The Morgan fingerprint density at radius 2 is 1.80 bits per heavy atom. The molecule has 2 nitrogen and oxygen atoms in total. The van der Waals surface area contributed by atoms with Crippen molar-refractivity contribution in [2.24, 2.45) is 5.73 Å². The van der Waals surface area contributed by atoms with Crippen LogP contribution in [-0.2, 0) is 0 Å². The van der Waals surface area contributed by atoms with Crippen LogP contribution >= 0.6 is 0 Å². The van der Waals surface area contributed by atoms with Gasteiger partial charge in [0.05, 0.1) is 0 Å². The van der Waals surface area contributed by atoms with Crippen LogP contribution < -0.4 is 11.5 Å². The van der Waals surface area contributed by atoms with Gasteiger partial charge in [-0.2, -0.15) is 0 Å². The van der Waals surface area contributed by atoms with Gasteiger partial charge in [0.15, 0.2) is 0 Å². The molecule has 0 aliphatic carbocycles. The molecule has 0 unspecified atom stereocenters. The molecule has 1 radical (unpaired) electrons. The Hall–Kier alpha value is -1.02. The van der Waals surface area contributed by atoms with E-state index in [2.05, 4.69) is 0 Å². The van der Waals surface area contributed by atoms with Crippen molar-refractivity contribution in [1.82, 2.24) is 0 Å². The molecule has 2 heteroatoms. The largest absolute Gasteiger partial charge is 0.399 e. The SMILES string of the molecule is NC[CH]c1ccc(N)cc1. The van der Waals surface area contributed by atoms with E-state index in [1.54, 1.807) is 0 Å². The van der Waals surface area contributed by atoms with Crippen molar-refractivity contribution < 1.29 is 0 Å². The average Bonchev–Trinajstić information content (AvgIpc) is 1.95. The Morgan fingerprint density at radius 3 is 2.30 bits per heavy atom. The Morgan fingerprint density at radius 1 is 1.20 bits per heavy atom. The van der Waals surface area contributed by atoms with Gasteiger partial charge in [0.2, 0.25) is 0 Å². The van der Waals surface area contributed by atoms with Crippen molar-refractivity contribution in [2.75, 3.05) is 12.3 Å². The second kappa shape index (κ2) is 3.22. The topological polar surface area (TPSA) is 52.0 Å². The maximum absolute atomic E-state index is 5.48. The minimum atomic E-state index is 0.573. The molecular weight excluding hydrogens is 124 g/mol. The van der Waals surface area contributed by atoms with Crippen LogP contribution in [0.2, 0.25) is 0 Å². The van der Waals surface area contributed by atoms with Crippen LogP contribution in [0, 0.1) is 6.42 Å². The van der Waals surface area contributed by atoms with Crippen LogP contribution in [-0.4, -0.2) is 6.54 Å². The Kier molecular flexibility index (Phi) is 2.29.